The first-order chi connectivity index (χ1) is 7.48. The Morgan fingerprint density at radius 3 is 2.81 bits per heavy atom. The highest BCUT2D eigenvalue weighted by atomic mass is 32.2. The highest BCUT2D eigenvalue weighted by molar-refractivity contribution is 7.89. The Kier molecular flexibility index (Phi) is 5.13. The molecule has 16 heavy (non-hydrogen) atoms. The largest absolute Gasteiger partial charge is 0.389 e. The third kappa shape index (κ3) is 3.39. The van der Waals surface area contributed by atoms with Crippen LogP contribution in [-0.4, -0.2) is 69.6 Å². The SMILES string of the molecule is COCC(O)CN(C)S(=O)(=O)C1CCNC1. The fourth-order valence-electron chi connectivity index (χ4n) is 1.78. The normalized spacial score (nSPS) is 23.9. The smallest absolute Gasteiger partial charge is 0.218 e. The van der Waals surface area contributed by atoms with Crippen LogP contribution < -0.4 is 5.32 Å². The van der Waals surface area contributed by atoms with Gasteiger partial charge in [0, 0.05) is 27.2 Å². The number of hydrogen-bond acceptors (Lipinski definition) is 5. The predicted molar refractivity (Wildman–Crippen MR) is 60.7 cm³/mol. The summed E-state index contributed by atoms with van der Waals surface area (Å²) in [5, 5.41) is 12.1. The topological polar surface area (TPSA) is 78.9 Å². The zero-order valence-electron chi connectivity index (χ0n) is 9.72. The summed E-state index contributed by atoms with van der Waals surface area (Å²) in [6, 6.07) is 0. The summed E-state index contributed by atoms with van der Waals surface area (Å²) < 4.78 is 30.0. The van der Waals surface area contributed by atoms with E-state index in [1.54, 1.807) is 0 Å². The van der Waals surface area contributed by atoms with E-state index in [1.807, 2.05) is 0 Å². The molecule has 96 valence electrons. The molecule has 0 amide bonds. The first kappa shape index (κ1) is 13.9. The second-order valence-electron chi connectivity index (χ2n) is 4.05. The van der Waals surface area contributed by atoms with Gasteiger partial charge in [-0.3, -0.25) is 0 Å². The summed E-state index contributed by atoms with van der Waals surface area (Å²) in [5.74, 6) is 0. The predicted octanol–water partition coefficient (Wildman–Crippen LogP) is -1.38. The Bertz CT molecular complexity index is 301. The Morgan fingerprint density at radius 1 is 1.62 bits per heavy atom. The highest BCUT2D eigenvalue weighted by Crippen LogP contribution is 2.14. The molecule has 0 spiro atoms. The van der Waals surface area contributed by atoms with Gasteiger partial charge in [0.2, 0.25) is 10.0 Å². The molecule has 0 aromatic carbocycles. The second-order valence-corrected chi connectivity index (χ2v) is 6.37. The van der Waals surface area contributed by atoms with Crippen LogP contribution in [0.1, 0.15) is 6.42 Å². The molecule has 2 N–H and O–H groups in total. The van der Waals surface area contributed by atoms with E-state index >= 15 is 0 Å². The average Bonchev–Trinajstić information content (AvgIpc) is 2.70. The number of hydrogen-bond donors (Lipinski definition) is 2. The third-order valence-corrected chi connectivity index (χ3v) is 4.96. The molecule has 1 fully saturated rings. The number of aliphatic hydroxyl groups excluding tert-OH is 1. The Balaban J connectivity index is 2.54. The van der Waals surface area contributed by atoms with Crippen molar-refractivity contribution in [1.82, 2.24) is 9.62 Å². The van der Waals surface area contributed by atoms with Crippen LogP contribution in [0.4, 0.5) is 0 Å². The number of aliphatic hydroxyl groups is 1. The van der Waals surface area contributed by atoms with Gasteiger partial charge in [-0.15, -0.1) is 0 Å². The summed E-state index contributed by atoms with van der Waals surface area (Å²) in [6.45, 7) is 1.45. The molecule has 1 heterocycles. The van der Waals surface area contributed by atoms with Gasteiger partial charge in [-0.1, -0.05) is 0 Å². The molecule has 1 saturated heterocycles. The van der Waals surface area contributed by atoms with Crippen molar-refractivity contribution >= 4 is 10.0 Å². The summed E-state index contributed by atoms with van der Waals surface area (Å²) >= 11 is 0. The van der Waals surface area contributed by atoms with Crippen LogP contribution in [0.15, 0.2) is 0 Å². The lowest BCUT2D eigenvalue weighted by atomic mass is 10.4. The summed E-state index contributed by atoms with van der Waals surface area (Å²) in [4.78, 5) is 0. The zero-order valence-corrected chi connectivity index (χ0v) is 10.5. The van der Waals surface area contributed by atoms with Crippen molar-refractivity contribution in [2.45, 2.75) is 17.8 Å². The standard InChI is InChI=1S/C9H20N2O4S/c1-11(6-8(12)7-15-2)16(13,14)9-3-4-10-5-9/h8-10,12H,3-7H2,1-2H3. The molecular weight excluding hydrogens is 232 g/mol. The number of likely N-dealkylation sites (N-methyl/N-ethyl adjacent to an activating group) is 1. The average molecular weight is 252 g/mol. The Morgan fingerprint density at radius 2 is 2.31 bits per heavy atom. The minimum Gasteiger partial charge on any atom is -0.389 e. The van der Waals surface area contributed by atoms with Crippen molar-refractivity contribution in [3.63, 3.8) is 0 Å². The zero-order chi connectivity index (χ0) is 12.2. The summed E-state index contributed by atoms with van der Waals surface area (Å²) in [6.07, 6.45) is -0.147. The van der Waals surface area contributed by atoms with E-state index in [-0.39, 0.29) is 18.4 Å². The molecule has 7 heteroatoms. The Labute approximate surface area is 96.6 Å². The number of nitrogens with zero attached hydrogens (tertiary/aromatic N) is 1. The molecule has 0 aromatic rings. The van der Waals surface area contributed by atoms with E-state index in [0.717, 1.165) is 6.54 Å². The van der Waals surface area contributed by atoms with Crippen LogP contribution in [0, 0.1) is 0 Å². The molecule has 0 saturated carbocycles. The Hall–Kier alpha value is -0.210. The molecule has 2 atom stereocenters. The van der Waals surface area contributed by atoms with Gasteiger partial charge in [0.1, 0.15) is 0 Å². The molecule has 0 radical (unpaired) electrons. The maximum absolute atomic E-state index is 12.0. The lowest BCUT2D eigenvalue weighted by molar-refractivity contribution is 0.0553. The molecule has 2 unspecified atom stereocenters. The van der Waals surface area contributed by atoms with Crippen LogP contribution >= 0.6 is 0 Å². The molecule has 1 aliphatic rings. The van der Waals surface area contributed by atoms with Crippen molar-refractivity contribution in [3.05, 3.63) is 0 Å². The van der Waals surface area contributed by atoms with Crippen molar-refractivity contribution in [2.24, 2.45) is 0 Å². The fourth-order valence-corrected chi connectivity index (χ4v) is 3.42. The molecule has 0 aliphatic carbocycles. The van der Waals surface area contributed by atoms with Gasteiger partial charge in [-0.25, -0.2) is 12.7 Å². The van der Waals surface area contributed by atoms with Crippen molar-refractivity contribution in [3.8, 4) is 0 Å². The van der Waals surface area contributed by atoms with E-state index in [1.165, 1.54) is 18.5 Å². The maximum Gasteiger partial charge on any atom is 0.218 e. The van der Waals surface area contributed by atoms with Crippen LogP contribution in [0.2, 0.25) is 0 Å². The number of methoxy groups -OCH3 is 1. The summed E-state index contributed by atoms with van der Waals surface area (Å²) in [5.41, 5.74) is 0. The highest BCUT2D eigenvalue weighted by Gasteiger charge is 2.32. The molecule has 1 aliphatic heterocycles. The van der Waals surface area contributed by atoms with Gasteiger partial charge in [-0.05, 0) is 13.0 Å². The van der Waals surface area contributed by atoms with Crippen LogP contribution in [0.25, 0.3) is 0 Å². The molecular formula is C9H20N2O4S. The fraction of sp³-hybridized carbons (Fsp3) is 1.00. The van der Waals surface area contributed by atoms with Gasteiger partial charge in [0.05, 0.1) is 18.0 Å². The first-order valence-corrected chi connectivity index (χ1v) is 6.81. The van der Waals surface area contributed by atoms with Crippen molar-refractivity contribution in [2.75, 3.05) is 40.4 Å². The molecule has 0 aromatic heterocycles. The number of rotatable bonds is 6. The molecule has 1 rings (SSSR count). The third-order valence-electron chi connectivity index (χ3n) is 2.70. The van der Waals surface area contributed by atoms with E-state index < -0.39 is 16.1 Å². The molecule has 0 bridgehead atoms. The first-order valence-electron chi connectivity index (χ1n) is 5.31. The van der Waals surface area contributed by atoms with Gasteiger partial charge in [0.15, 0.2) is 0 Å². The number of ether oxygens (including phenoxy) is 1. The lowest BCUT2D eigenvalue weighted by Gasteiger charge is -2.23. The maximum atomic E-state index is 12.0. The number of sulfonamides is 1. The van der Waals surface area contributed by atoms with Gasteiger partial charge in [0.25, 0.3) is 0 Å². The van der Waals surface area contributed by atoms with E-state index in [2.05, 4.69) is 5.32 Å². The van der Waals surface area contributed by atoms with Crippen molar-refractivity contribution in [1.29, 1.82) is 0 Å². The van der Waals surface area contributed by atoms with Crippen LogP contribution in [0.3, 0.4) is 0 Å². The van der Waals surface area contributed by atoms with Crippen molar-refractivity contribution < 1.29 is 18.3 Å². The van der Waals surface area contributed by atoms with Crippen LogP contribution in [0.5, 0.6) is 0 Å². The van der Waals surface area contributed by atoms with E-state index in [0.29, 0.717) is 13.0 Å². The monoisotopic (exact) mass is 252 g/mol. The minimum atomic E-state index is -3.30. The lowest BCUT2D eigenvalue weighted by Crippen LogP contribution is -2.42. The number of nitrogens with one attached hydrogen (secondary N) is 1. The van der Waals surface area contributed by atoms with E-state index in [4.69, 9.17) is 4.74 Å². The van der Waals surface area contributed by atoms with E-state index in [9.17, 15) is 13.5 Å². The molecule has 6 nitrogen and oxygen atoms in total. The van der Waals surface area contributed by atoms with Gasteiger partial charge >= 0.3 is 0 Å². The minimum absolute atomic E-state index is 0.0761. The second kappa shape index (κ2) is 5.92. The van der Waals surface area contributed by atoms with Gasteiger partial charge < -0.3 is 15.2 Å². The summed E-state index contributed by atoms with van der Waals surface area (Å²) in [7, 11) is -0.333. The van der Waals surface area contributed by atoms with Crippen LogP contribution in [-0.2, 0) is 14.8 Å². The quantitative estimate of drug-likeness (QED) is 0.609. The van der Waals surface area contributed by atoms with Gasteiger partial charge in [-0.2, -0.15) is 0 Å².